The molecule has 3 unspecified atom stereocenters. The molecule has 1 aliphatic carbocycles. The van der Waals surface area contributed by atoms with Gasteiger partial charge in [0.2, 0.25) is 0 Å². The molecule has 11 heavy (non-hydrogen) atoms. The molecule has 0 bridgehead atoms. The molecule has 2 radical (unpaired) electrons. The molecule has 1 aliphatic rings. The Morgan fingerprint density at radius 2 is 2.00 bits per heavy atom. The van der Waals surface area contributed by atoms with Crippen LogP contribution in [0.15, 0.2) is 0 Å². The topological polar surface area (TPSA) is 0 Å². The van der Waals surface area contributed by atoms with Crippen molar-refractivity contribution in [1.82, 2.24) is 0 Å². The largest absolute Gasteiger partial charge is 0.0746 e. The SMILES string of the molecule is [B]C1(C)CCC(C)C1C(C)C. The first-order valence-electron chi connectivity index (χ1n) is 4.74. The summed E-state index contributed by atoms with van der Waals surface area (Å²) in [5.41, 5.74) is 0. The van der Waals surface area contributed by atoms with Crippen molar-refractivity contribution in [2.75, 3.05) is 0 Å². The fourth-order valence-electron chi connectivity index (χ4n) is 2.95. The van der Waals surface area contributed by atoms with Crippen LogP contribution < -0.4 is 0 Å². The summed E-state index contributed by atoms with van der Waals surface area (Å²) in [7, 11) is 6.21. The molecule has 1 fully saturated rings. The second-order valence-electron chi connectivity index (χ2n) is 4.79. The molecule has 1 heteroatoms. The highest BCUT2D eigenvalue weighted by atomic mass is 14.4. The first kappa shape index (κ1) is 9.16. The van der Waals surface area contributed by atoms with Crippen LogP contribution in [0.5, 0.6) is 0 Å². The summed E-state index contributed by atoms with van der Waals surface area (Å²) < 4.78 is 0. The van der Waals surface area contributed by atoms with Gasteiger partial charge in [-0.1, -0.05) is 45.9 Å². The van der Waals surface area contributed by atoms with E-state index in [9.17, 15) is 0 Å². The van der Waals surface area contributed by atoms with Gasteiger partial charge < -0.3 is 0 Å². The van der Waals surface area contributed by atoms with Crippen LogP contribution in [0.25, 0.3) is 0 Å². The van der Waals surface area contributed by atoms with E-state index < -0.39 is 0 Å². The minimum Gasteiger partial charge on any atom is -0.0673 e. The molecular weight excluding hydrogens is 131 g/mol. The molecular formula is C10H19B. The van der Waals surface area contributed by atoms with Crippen molar-refractivity contribution in [2.45, 2.75) is 45.9 Å². The molecule has 0 saturated heterocycles. The minimum absolute atomic E-state index is 0.105. The van der Waals surface area contributed by atoms with Gasteiger partial charge in [-0.25, -0.2) is 0 Å². The van der Waals surface area contributed by atoms with Crippen LogP contribution in [0.3, 0.4) is 0 Å². The van der Waals surface area contributed by atoms with E-state index in [2.05, 4.69) is 27.7 Å². The average molecular weight is 150 g/mol. The molecule has 0 aromatic rings. The third-order valence-corrected chi connectivity index (χ3v) is 3.23. The Kier molecular flexibility index (Phi) is 2.36. The Labute approximate surface area is 72.2 Å². The van der Waals surface area contributed by atoms with Gasteiger partial charge >= 0.3 is 0 Å². The van der Waals surface area contributed by atoms with E-state index in [4.69, 9.17) is 7.85 Å². The van der Waals surface area contributed by atoms with Crippen LogP contribution in [-0.2, 0) is 0 Å². The first-order chi connectivity index (χ1) is 4.95. The second kappa shape index (κ2) is 2.84. The molecule has 0 aliphatic heterocycles. The van der Waals surface area contributed by atoms with Crippen LogP contribution >= 0.6 is 0 Å². The molecule has 0 N–H and O–H groups in total. The van der Waals surface area contributed by atoms with Crippen LogP contribution in [0.4, 0.5) is 0 Å². The maximum Gasteiger partial charge on any atom is 0.0746 e. The summed E-state index contributed by atoms with van der Waals surface area (Å²) in [4.78, 5) is 0. The fourth-order valence-corrected chi connectivity index (χ4v) is 2.95. The van der Waals surface area contributed by atoms with Crippen molar-refractivity contribution in [3.63, 3.8) is 0 Å². The van der Waals surface area contributed by atoms with Crippen LogP contribution in [0.2, 0.25) is 5.31 Å². The lowest BCUT2D eigenvalue weighted by atomic mass is 9.59. The molecule has 0 spiro atoms. The maximum absolute atomic E-state index is 6.21. The van der Waals surface area contributed by atoms with Gasteiger partial charge in [-0.05, 0) is 17.8 Å². The maximum atomic E-state index is 6.21. The summed E-state index contributed by atoms with van der Waals surface area (Å²) in [6.45, 7) is 9.12. The second-order valence-corrected chi connectivity index (χ2v) is 4.79. The Bertz CT molecular complexity index is 138. The first-order valence-corrected chi connectivity index (χ1v) is 4.74. The van der Waals surface area contributed by atoms with Gasteiger partial charge in [-0.15, -0.1) is 0 Å². The van der Waals surface area contributed by atoms with Crippen LogP contribution in [0, 0.1) is 17.8 Å². The van der Waals surface area contributed by atoms with Crippen molar-refractivity contribution < 1.29 is 0 Å². The number of hydrogen-bond acceptors (Lipinski definition) is 0. The highest BCUT2D eigenvalue weighted by Gasteiger charge is 2.40. The normalized spacial score (nSPS) is 45.2. The quantitative estimate of drug-likeness (QED) is 0.504. The monoisotopic (exact) mass is 150 g/mol. The lowest BCUT2D eigenvalue weighted by Crippen LogP contribution is -2.23. The highest BCUT2D eigenvalue weighted by molar-refractivity contribution is 6.15. The van der Waals surface area contributed by atoms with Gasteiger partial charge in [0.1, 0.15) is 0 Å². The van der Waals surface area contributed by atoms with E-state index in [1.54, 1.807) is 0 Å². The number of hydrogen-bond donors (Lipinski definition) is 0. The number of rotatable bonds is 1. The zero-order valence-corrected chi connectivity index (χ0v) is 8.22. The van der Waals surface area contributed by atoms with Crippen molar-refractivity contribution in [2.24, 2.45) is 17.8 Å². The van der Waals surface area contributed by atoms with Crippen LogP contribution in [-0.4, -0.2) is 7.85 Å². The van der Waals surface area contributed by atoms with E-state index >= 15 is 0 Å². The summed E-state index contributed by atoms with van der Waals surface area (Å²) in [5.74, 6) is 2.29. The predicted octanol–water partition coefficient (Wildman–Crippen LogP) is 3.04. The Morgan fingerprint density at radius 1 is 1.45 bits per heavy atom. The summed E-state index contributed by atoms with van der Waals surface area (Å²) in [5, 5.41) is 0.105. The Hall–Kier alpha value is 0.0649. The molecule has 0 aromatic heterocycles. The standard InChI is InChI=1S/C10H19B/c1-7(2)9-8(3)5-6-10(9,4)11/h7-9H,5-6H2,1-4H3. The fraction of sp³-hybridized carbons (Fsp3) is 1.00. The van der Waals surface area contributed by atoms with Gasteiger partial charge in [0, 0.05) is 0 Å². The highest BCUT2D eigenvalue weighted by Crippen LogP contribution is 2.52. The van der Waals surface area contributed by atoms with E-state index in [0.717, 1.165) is 17.8 Å². The molecule has 0 nitrogen and oxygen atoms in total. The van der Waals surface area contributed by atoms with E-state index in [1.807, 2.05) is 0 Å². The molecule has 0 heterocycles. The van der Waals surface area contributed by atoms with Gasteiger partial charge in [-0.2, -0.15) is 0 Å². The molecule has 0 amide bonds. The lowest BCUT2D eigenvalue weighted by Gasteiger charge is -2.33. The predicted molar refractivity (Wildman–Crippen MR) is 50.8 cm³/mol. The lowest BCUT2D eigenvalue weighted by molar-refractivity contribution is 0.268. The zero-order valence-electron chi connectivity index (χ0n) is 8.22. The van der Waals surface area contributed by atoms with Crippen LogP contribution in [0.1, 0.15) is 40.5 Å². The van der Waals surface area contributed by atoms with Gasteiger partial charge in [-0.3, -0.25) is 0 Å². The molecule has 1 saturated carbocycles. The minimum atomic E-state index is 0.105. The van der Waals surface area contributed by atoms with Crippen molar-refractivity contribution >= 4 is 7.85 Å². The van der Waals surface area contributed by atoms with E-state index in [0.29, 0.717) is 0 Å². The van der Waals surface area contributed by atoms with Crippen molar-refractivity contribution in [1.29, 1.82) is 0 Å². The summed E-state index contributed by atoms with van der Waals surface area (Å²) >= 11 is 0. The summed E-state index contributed by atoms with van der Waals surface area (Å²) in [6, 6.07) is 0. The van der Waals surface area contributed by atoms with Gasteiger partial charge in [0.25, 0.3) is 0 Å². The van der Waals surface area contributed by atoms with E-state index in [-0.39, 0.29) is 5.31 Å². The Balaban J connectivity index is 2.72. The van der Waals surface area contributed by atoms with Crippen molar-refractivity contribution in [3.05, 3.63) is 0 Å². The molecule has 1 rings (SSSR count). The third kappa shape index (κ3) is 1.63. The Morgan fingerprint density at radius 3 is 2.18 bits per heavy atom. The third-order valence-electron chi connectivity index (χ3n) is 3.23. The van der Waals surface area contributed by atoms with Gasteiger partial charge in [0.15, 0.2) is 0 Å². The van der Waals surface area contributed by atoms with Gasteiger partial charge in [0.05, 0.1) is 7.85 Å². The van der Waals surface area contributed by atoms with E-state index in [1.165, 1.54) is 12.8 Å². The summed E-state index contributed by atoms with van der Waals surface area (Å²) in [6.07, 6.45) is 2.52. The molecule has 62 valence electrons. The molecule has 0 aromatic carbocycles. The smallest absolute Gasteiger partial charge is 0.0673 e. The zero-order chi connectivity index (χ0) is 8.65. The van der Waals surface area contributed by atoms with Crippen molar-refractivity contribution in [3.8, 4) is 0 Å². The average Bonchev–Trinajstić information content (AvgIpc) is 2.06. The molecule has 3 atom stereocenters.